The Morgan fingerprint density at radius 2 is 2.17 bits per heavy atom. The molecular weight excluding hydrogens is 268 g/mol. The van der Waals surface area contributed by atoms with Gasteiger partial charge in [-0.2, -0.15) is 5.10 Å². The Morgan fingerprint density at radius 3 is 2.78 bits per heavy atom. The van der Waals surface area contributed by atoms with Crippen LogP contribution in [0.15, 0.2) is 30.5 Å². The van der Waals surface area contributed by atoms with Crippen molar-refractivity contribution in [3.05, 3.63) is 52.3 Å². The van der Waals surface area contributed by atoms with Crippen molar-refractivity contribution in [2.75, 3.05) is 0 Å². The average molecular weight is 277 g/mol. The quantitative estimate of drug-likeness (QED) is 0.642. The van der Waals surface area contributed by atoms with Crippen LogP contribution in [0.2, 0.25) is 5.02 Å². The van der Waals surface area contributed by atoms with Crippen molar-refractivity contribution in [3.63, 3.8) is 0 Å². The molecule has 0 atom stereocenters. The number of halogens is 1. The van der Waals surface area contributed by atoms with Crippen molar-refractivity contribution in [2.24, 2.45) is 7.05 Å². The number of aryl methyl sites for hydroxylation is 1. The molecule has 0 radical (unpaired) electrons. The van der Waals surface area contributed by atoms with Crippen LogP contribution in [0.1, 0.15) is 21.6 Å². The van der Waals surface area contributed by atoms with Crippen LogP contribution in [0.25, 0.3) is 0 Å². The van der Waals surface area contributed by atoms with E-state index in [0.29, 0.717) is 21.8 Å². The van der Waals surface area contributed by atoms with Gasteiger partial charge in [0, 0.05) is 24.4 Å². The van der Waals surface area contributed by atoms with Crippen molar-refractivity contribution in [1.82, 2.24) is 9.78 Å². The third kappa shape index (κ3) is 2.76. The SMILES string of the molecule is Cn1ccc(C#Cc2cccc(C(=O)S)c2Cl)n1. The molecule has 0 aliphatic rings. The maximum Gasteiger partial charge on any atom is 0.217 e. The number of benzene rings is 1. The molecule has 0 unspecified atom stereocenters. The summed E-state index contributed by atoms with van der Waals surface area (Å²) in [5.41, 5.74) is 1.59. The number of rotatable bonds is 1. The predicted molar refractivity (Wildman–Crippen MR) is 74.0 cm³/mol. The maximum absolute atomic E-state index is 11.2. The zero-order valence-corrected chi connectivity index (χ0v) is 11.2. The van der Waals surface area contributed by atoms with Gasteiger partial charge >= 0.3 is 0 Å². The molecule has 0 amide bonds. The molecule has 0 fully saturated rings. The van der Waals surface area contributed by atoms with Crippen LogP contribution in [-0.4, -0.2) is 14.9 Å². The van der Waals surface area contributed by atoms with Gasteiger partial charge in [-0.3, -0.25) is 9.48 Å². The van der Waals surface area contributed by atoms with Crippen molar-refractivity contribution < 1.29 is 4.79 Å². The van der Waals surface area contributed by atoms with E-state index >= 15 is 0 Å². The first-order chi connectivity index (χ1) is 8.58. The highest BCUT2D eigenvalue weighted by molar-refractivity contribution is 7.97. The van der Waals surface area contributed by atoms with Gasteiger partial charge in [0.25, 0.3) is 0 Å². The van der Waals surface area contributed by atoms with Crippen LogP contribution in [0.5, 0.6) is 0 Å². The van der Waals surface area contributed by atoms with Crippen LogP contribution in [0.3, 0.4) is 0 Å². The highest BCUT2D eigenvalue weighted by atomic mass is 35.5. The Kier molecular flexibility index (Phi) is 3.75. The molecule has 1 aromatic heterocycles. The van der Waals surface area contributed by atoms with E-state index in [1.54, 1.807) is 35.1 Å². The lowest BCUT2D eigenvalue weighted by atomic mass is 10.1. The molecule has 3 nitrogen and oxygen atoms in total. The summed E-state index contributed by atoms with van der Waals surface area (Å²) in [6.07, 6.45) is 1.80. The predicted octanol–water partition coefficient (Wildman–Crippen LogP) is 2.54. The van der Waals surface area contributed by atoms with Crippen LogP contribution in [0, 0.1) is 11.8 Å². The van der Waals surface area contributed by atoms with Crippen molar-refractivity contribution in [3.8, 4) is 11.8 Å². The van der Waals surface area contributed by atoms with E-state index in [9.17, 15) is 4.79 Å². The van der Waals surface area contributed by atoms with E-state index in [0.717, 1.165) is 0 Å². The molecule has 0 saturated carbocycles. The van der Waals surface area contributed by atoms with Crippen molar-refractivity contribution >= 4 is 29.3 Å². The summed E-state index contributed by atoms with van der Waals surface area (Å²) in [6.45, 7) is 0. The van der Waals surface area contributed by atoms with Crippen molar-refractivity contribution in [1.29, 1.82) is 0 Å². The summed E-state index contributed by atoms with van der Waals surface area (Å²) in [7, 11) is 1.82. The number of hydrogen-bond acceptors (Lipinski definition) is 2. The molecule has 1 aromatic carbocycles. The first-order valence-corrected chi connectivity index (χ1v) is 5.94. The minimum absolute atomic E-state index is 0.320. The third-order valence-corrected chi connectivity index (χ3v) is 2.92. The first kappa shape index (κ1) is 12.7. The fourth-order valence-electron chi connectivity index (χ4n) is 1.41. The van der Waals surface area contributed by atoms with E-state index in [-0.39, 0.29) is 5.12 Å². The average Bonchev–Trinajstić information content (AvgIpc) is 2.73. The smallest absolute Gasteiger partial charge is 0.217 e. The molecule has 1 heterocycles. The van der Waals surface area contributed by atoms with Gasteiger partial charge in [0.15, 0.2) is 0 Å². The normalized spacial score (nSPS) is 9.72. The first-order valence-electron chi connectivity index (χ1n) is 5.11. The lowest BCUT2D eigenvalue weighted by molar-refractivity contribution is 0.109. The minimum atomic E-state index is -0.374. The second kappa shape index (κ2) is 5.30. The van der Waals surface area contributed by atoms with Gasteiger partial charge in [-0.1, -0.05) is 23.6 Å². The summed E-state index contributed by atoms with van der Waals surface area (Å²) < 4.78 is 1.67. The molecule has 0 spiro atoms. The van der Waals surface area contributed by atoms with Gasteiger partial charge in [-0.15, -0.1) is 12.6 Å². The molecule has 2 aromatic rings. The molecular formula is C13H9ClN2OS. The van der Waals surface area contributed by atoms with Gasteiger partial charge in [0.2, 0.25) is 5.12 Å². The number of hydrogen-bond donors (Lipinski definition) is 1. The Bertz CT molecular complexity index is 667. The van der Waals surface area contributed by atoms with Crippen LogP contribution in [-0.2, 0) is 7.05 Å². The molecule has 0 saturated heterocycles. The van der Waals surface area contributed by atoms with Gasteiger partial charge in [-0.25, -0.2) is 0 Å². The van der Waals surface area contributed by atoms with Gasteiger partial charge in [-0.05, 0) is 24.1 Å². The second-order valence-corrected chi connectivity index (χ2v) is 4.38. The topological polar surface area (TPSA) is 34.9 Å². The Balaban J connectivity index is 2.39. The molecule has 0 aliphatic carbocycles. The van der Waals surface area contributed by atoms with E-state index in [4.69, 9.17) is 11.6 Å². The highest BCUT2D eigenvalue weighted by Gasteiger charge is 2.08. The monoisotopic (exact) mass is 276 g/mol. The zero-order chi connectivity index (χ0) is 13.1. The molecule has 90 valence electrons. The number of thiol groups is 1. The summed E-state index contributed by atoms with van der Waals surface area (Å²) in [6, 6.07) is 6.88. The van der Waals surface area contributed by atoms with Crippen LogP contribution in [0.4, 0.5) is 0 Å². The van der Waals surface area contributed by atoms with Gasteiger partial charge < -0.3 is 0 Å². The molecule has 5 heteroatoms. The Labute approximate surface area is 115 Å². The fourth-order valence-corrected chi connectivity index (χ4v) is 1.92. The van der Waals surface area contributed by atoms with Crippen LogP contribution < -0.4 is 0 Å². The second-order valence-electron chi connectivity index (χ2n) is 3.60. The lowest BCUT2D eigenvalue weighted by Gasteiger charge is -2.00. The van der Waals surface area contributed by atoms with Crippen LogP contribution >= 0.6 is 24.2 Å². The van der Waals surface area contributed by atoms with Gasteiger partial charge in [0.05, 0.1) is 5.02 Å². The Hall–Kier alpha value is -1.70. The summed E-state index contributed by atoms with van der Waals surface area (Å²) in [5, 5.41) is 4.08. The van der Waals surface area contributed by atoms with Gasteiger partial charge in [0.1, 0.15) is 5.69 Å². The molecule has 2 rings (SSSR count). The number of carbonyl (C=O) groups excluding carboxylic acids is 1. The molecule has 0 aliphatic heterocycles. The molecule has 0 N–H and O–H groups in total. The fraction of sp³-hybridized carbons (Fsp3) is 0.0769. The molecule has 0 bridgehead atoms. The number of aromatic nitrogens is 2. The summed E-state index contributed by atoms with van der Waals surface area (Å²) >= 11 is 9.84. The van der Waals surface area contributed by atoms with E-state index in [2.05, 4.69) is 29.6 Å². The lowest BCUT2D eigenvalue weighted by Crippen LogP contribution is -1.92. The standard InChI is InChI=1S/C13H9ClN2OS/c1-16-8-7-10(15-16)6-5-9-3-2-4-11(12(9)14)13(17)18/h2-4,7-8H,1H3,(H,17,18). The Morgan fingerprint density at radius 1 is 1.39 bits per heavy atom. The number of nitrogens with zero attached hydrogens (tertiary/aromatic N) is 2. The number of carbonyl (C=O) groups is 1. The largest absolute Gasteiger partial charge is 0.282 e. The minimum Gasteiger partial charge on any atom is -0.282 e. The zero-order valence-electron chi connectivity index (χ0n) is 9.51. The van der Waals surface area contributed by atoms with Crippen molar-refractivity contribution in [2.45, 2.75) is 0 Å². The summed E-state index contributed by atoms with van der Waals surface area (Å²) in [4.78, 5) is 11.2. The van der Waals surface area contributed by atoms with E-state index < -0.39 is 0 Å². The molecule has 18 heavy (non-hydrogen) atoms. The third-order valence-electron chi connectivity index (χ3n) is 2.27. The highest BCUT2D eigenvalue weighted by Crippen LogP contribution is 2.21. The summed E-state index contributed by atoms with van der Waals surface area (Å²) in [5.74, 6) is 5.78. The maximum atomic E-state index is 11.2. The van der Waals surface area contributed by atoms with E-state index in [1.807, 2.05) is 7.05 Å². The van der Waals surface area contributed by atoms with E-state index in [1.165, 1.54) is 0 Å².